The maximum atomic E-state index is 12.1. The molecule has 1 aromatic carbocycles. The van der Waals surface area contributed by atoms with Gasteiger partial charge in [-0.2, -0.15) is 0 Å². The van der Waals surface area contributed by atoms with Crippen molar-refractivity contribution in [3.63, 3.8) is 0 Å². The molecule has 2 rings (SSSR count). The van der Waals surface area contributed by atoms with E-state index >= 15 is 0 Å². The van der Waals surface area contributed by atoms with E-state index in [1.54, 1.807) is 19.2 Å². The van der Waals surface area contributed by atoms with Crippen molar-refractivity contribution in [2.45, 2.75) is 44.2 Å². The van der Waals surface area contributed by atoms with Crippen LogP contribution >= 0.6 is 11.6 Å². The summed E-state index contributed by atoms with van der Waals surface area (Å²) in [7, 11) is 2.97. The molecular weight excluding hydrogens is 290 g/mol. The second kappa shape index (κ2) is 7.66. The van der Waals surface area contributed by atoms with E-state index < -0.39 is 6.04 Å². The Labute approximate surface area is 130 Å². The zero-order valence-corrected chi connectivity index (χ0v) is 13.3. The van der Waals surface area contributed by atoms with Crippen molar-refractivity contribution in [1.29, 1.82) is 0 Å². The Morgan fingerprint density at radius 3 is 2.57 bits per heavy atom. The first-order valence-corrected chi connectivity index (χ1v) is 7.71. The molecule has 1 saturated carbocycles. The normalized spacial score (nSPS) is 17.3. The van der Waals surface area contributed by atoms with Crippen molar-refractivity contribution in [1.82, 2.24) is 5.32 Å². The lowest BCUT2D eigenvalue weighted by atomic mass is 9.94. The van der Waals surface area contributed by atoms with E-state index in [1.807, 2.05) is 6.07 Å². The average molecular weight is 312 g/mol. The molecule has 1 N–H and O–H groups in total. The van der Waals surface area contributed by atoms with E-state index in [-0.39, 0.29) is 5.97 Å². The van der Waals surface area contributed by atoms with Crippen LogP contribution in [0.3, 0.4) is 0 Å². The van der Waals surface area contributed by atoms with E-state index in [4.69, 9.17) is 21.1 Å². The van der Waals surface area contributed by atoms with Gasteiger partial charge in [0.25, 0.3) is 0 Å². The summed E-state index contributed by atoms with van der Waals surface area (Å²) in [6, 6.07) is 5.25. The average Bonchev–Trinajstić information content (AvgIpc) is 2.53. The number of rotatable bonds is 5. The van der Waals surface area contributed by atoms with Crippen molar-refractivity contribution in [2.75, 3.05) is 14.2 Å². The largest absolute Gasteiger partial charge is 0.495 e. The van der Waals surface area contributed by atoms with Gasteiger partial charge in [0, 0.05) is 6.04 Å². The summed E-state index contributed by atoms with van der Waals surface area (Å²) >= 11 is 6.16. The van der Waals surface area contributed by atoms with E-state index in [0.29, 0.717) is 16.8 Å². The monoisotopic (exact) mass is 311 g/mol. The molecule has 5 heteroatoms. The minimum Gasteiger partial charge on any atom is -0.495 e. The van der Waals surface area contributed by atoms with Gasteiger partial charge in [-0.05, 0) is 30.5 Å². The fourth-order valence-corrected chi connectivity index (χ4v) is 3.05. The number of methoxy groups -OCH3 is 2. The molecule has 0 radical (unpaired) electrons. The number of hydrogen-bond donors (Lipinski definition) is 1. The van der Waals surface area contributed by atoms with Crippen molar-refractivity contribution >= 4 is 17.6 Å². The maximum absolute atomic E-state index is 12.1. The van der Waals surface area contributed by atoms with Crippen LogP contribution in [0, 0.1) is 0 Å². The smallest absolute Gasteiger partial charge is 0.327 e. The van der Waals surface area contributed by atoms with Crippen LogP contribution in [0.25, 0.3) is 0 Å². The molecular formula is C16H22ClNO3. The zero-order valence-electron chi connectivity index (χ0n) is 12.5. The maximum Gasteiger partial charge on any atom is 0.327 e. The lowest BCUT2D eigenvalue weighted by Gasteiger charge is -2.27. The molecule has 1 unspecified atom stereocenters. The van der Waals surface area contributed by atoms with Gasteiger partial charge in [-0.1, -0.05) is 36.9 Å². The Morgan fingerprint density at radius 2 is 2.00 bits per heavy atom. The lowest BCUT2D eigenvalue weighted by Crippen LogP contribution is -2.38. The van der Waals surface area contributed by atoms with Crippen LogP contribution in [-0.4, -0.2) is 26.2 Å². The molecule has 1 aliphatic rings. The molecule has 1 fully saturated rings. The summed E-state index contributed by atoms with van der Waals surface area (Å²) in [6.07, 6.45) is 5.87. The summed E-state index contributed by atoms with van der Waals surface area (Å²) in [5, 5.41) is 3.91. The summed E-state index contributed by atoms with van der Waals surface area (Å²) in [4.78, 5) is 12.1. The van der Waals surface area contributed by atoms with Crippen LogP contribution in [0.4, 0.5) is 0 Å². The van der Waals surface area contributed by atoms with Crippen LogP contribution in [0.2, 0.25) is 5.02 Å². The van der Waals surface area contributed by atoms with Crippen LogP contribution in [-0.2, 0) is 9.53 Å². The number of benzene rings is 1. The number of carbonyl (C=O) groups is 1. The molecule has 0 spiro atoms. The summed E-state index contributed by atoms with van der Waals surface area (Å²) in [5.74, 6) is 0.309. The topological polar surface area (TPSA) is 47.6 Å². The van der Waals surface area contributed by atoms with E-state index in [9.17, 15) is 4.79 Å². The van der Waals surface area contributed by atoms with Crippen molar-refractivity contribution in [2.24, 2.45) is 0 Å². The third-order valence-electron chi connectivity index (χ3n) is 3.95. The summed E-state index contributed by atoms with van der Waals surface area (Å²) in [6.45, 7) is 0. The molecule has 0 heterocycles. The van der Waals surface area contributed by atoms with Gasteiger partial charge in [0.05, 0.1) is 19.2 Å². The molecule has 0 bridgehead atoms. The van der Waals surface area contributed by atoms with E-state index in [1.165, 1.54) is 26.4 Å². The van der Waals surface area contributed by atoms with Gasteiger partial charge in [-0.3, -0.25) is 5.32 Å². The number of carbonyl (C=O) groups excluding carboxylic acids is 1. The quantitative estimate of drug-likeness (QED) is 0.846. The Bertz CT molecular complexity index is 486. The number of halogens is 1. The minimum absolute atomic E-state index is 0.290. The third kappa shape index (κ3) is 4.11. The highest BCUT2D eigenvalue weighted by molar-refractivity contribution is 6.32. The molecule has 1 aliphatic carbocycles. The molecule has 116 valence electrons. The number of hydrogen-bond acceptors (Lipinski definition) is 4. The number of ether oxygens (including phenoxy) is 2. The van der Waals surface area contributed by atoms with Crippen LogP contribution in [0.1, 0.15) is 43.7 Å². The second-order valence-electron chi connectivity index (χ2n) is 5.35. The van der Waals surface area contributed by atoms with Gasteiger partial charge in [0.2, 0.25) is 0 Å². The Balaban J connectivity index is 2.18. The molecule has 1 aromatic rings. The van der Waals surface area contributed by atoms with Crippen molar-refractivity contribution in [3.8, 4) is 5.75 Å². The standard InChI is InChI=1S/C16H22ClNO3/c1-20-14-9-8-11(10-13(14)17)15(16(19)21-2)18-12-6-4-3-5-7-12/h8-10,12,15,18H,3-7H2,1-2H3. The Hall–Kier alpha value is -1.26. The number of esters is 1. The van der Waals surface area contributed by atoms with Crippen molar-refractivity contribution < 1.29 is 14.3 Å². The lowest BCUT2D eigenvalue weighted by molar-refractivity contribution is -0.143. The SMILES string of the molecule is COC(=O)C(NC1CCCCC1)c1ccc(OC)c(Cl)c1. The molecule has 21 heavy (non-hydrogen) atoms. The fraction of sp³-hybridized carbons (Fsp3) is 0.562. The molecule has 4 nitrogen and oxygen atoms in total. The highest BCUT2D eigenvalue weighted by Gasteiger charge is 2.26. The zero-order chi connectivity index (χ0) is 15.2. The first kappa shape index (κ1) is 16.1. The van der Waals surface area contributed by atoms with Crippen LogP contribution < -0.4 is 10.1 Å². The molecule has 0 saturated heterocycles. The first-order chi connectivity index (χ1) is 10.2. The van der Waals surface area contributed by atoms with Gasteiger partial charge in [0.15, 0.2) is 0 Å². The van der Waals surface area contributed by atoms with Crippen molar-refractivity contribution in [3.05, 3.63) is 28.8 Å². The van der Waals surface area contributed by atoms with Gasteiger partial charge in [0.1, 0.15) is 11.8 Å². The Kier molecular flexibility index (Phi) is 5.88. The fourth-order valence-electron chi connectivity index (χ4n) is 2.79. The van der Waals surface area contributed by atoms with E-state index in [2.05, 4.69) is 5.32 Å². The molecule has 0 aliphatic heterocycles. The van der Waals surface area contributed by atoms with Crippen LogP contribution in [0.5, 0.6) is 5.75 Å². The van der Waals surface area contributed by atoms with Gasteiger partial charge in [-0.15, -0.1) is 0 Å². The third-order valence-corrected chi connectivity index (χ3v) is 4.25. The van der Waals surface area contributed by atoms with Gasteiger partial charge >= 0.3 is 5.97 Å². The highest BCUT2D eigenvalue weighted by atomic mass is 35.5. The highest BCUT2D eigenvalue weighted by Crippen LogP contribution is 2.29. The van der Waals surface area contributed by atoms with Crippen LogP contribution in [0.15, 0.2) is 18.2 Å². The number of nitrogens with one attached hydrogen (secondary N) is 1. The predicted octanol–water partition coefficient (Wildman–Crippen LogP) is 3.49. The van der Waals surface area contributed by atoms with Gasteiger partial charge in [-0.25, -0.2) is 4.79 Å². The van der Waals surface area contributed by atoms with Gasteiger partial charge < -0.3 is 9.47 Å². The summed E-state index contributed by atoms with van der Waals surface area (Å²) < 4.78 is 10.1. The minimum atomic E-state index is -0.485. The first-order valence-electron chi connectivity index (χ1n) is 7.33. The van der Waals surface area contributed by atoms with E-state index in [0.717, 1.165) is 18.4 Å². The molecule has 0 amide bonds. The molecule has 1 atom stereocenters. The summed E-state index contributed by atoms with van der Waals surface area (Å²) in [5.41, 5.74) is 0.804. The Morgan fingerprint density at radius 1 is 1.29 bits per heavy atom. The predicted molar refractivity (Wildman–Crippen MR) is 82.8 cm³/mol. The molecule has 0 aromatic heterocycles. The second-order valence-corrected chi connectivity index (χ2v) is 5.76.